The lowest BCUT2D eigenvalue weighted by Gasteiger charge is -2.06. The van der Waals surface area contributed by atoms with Gasteiger partial charge in [-0.15, -0.1) is 0 Å². The first-order valence-corrected chi connectivity index (χ1v) is 5.50. The molecule has 0 saturated heterocycles. The molecule has 0 fully saturated rings. The van der Waals surface area contributed by atoms with Gasteiger partial charge in [0, 0.05) is 11.8 Å². The fourth-order valence-electron chi connectivity index (χ4n) is 1.86. The van der Waals surface area contributed by atoms with E-state index in [0.717, 1.165) is 23.4 Å². The maximum absolute atomic E-state index is 11.8. The SMILES string of the molecule is CCc1cc(=O)n(-c2ccc(C)cc2C)[nH]1. The molecular weight excluding hydrogens is 200 g/mol. The largest absolute Gasteiger partial charge is 0.295 e. The molecule has 2 aromatic rings. The van der Waals surface area contributed by atoms with Crippen LogP contribution in [0.25, 0.3) is 5.69 Å². The molecule has 0 bridgehead atoms. The highest BCUT2D eigenvalue weighted by atomic mass is 16.1. The lowest BCUT2D eigenvalue weighted by molar-refractivity contribution is 0.813. The number of aryl methyl sites for hydroxylation is 3. The van der Waals surface area contributed by atoms with E-state index >= 15 is 0 Å². The first-order chi connectivity index (χ1) is 7.61. The number of nitrogens with zero attached hydrogens (tertiary/aromatic N) is 1. The number of hydrogen-bond acceptors (Lipinski definition) is 1. The van der Waals surface area contributed by atoms with Gasteiger partial charge in [-0.2, -0.15) is 0 Å². The fourth-order valence-corrected chi connectivity index (χ4v) is 1.86. The number of benzene rings is 1. The highest BCUT2D eigenvalue weighted by Gasteiger charge is 2.06. The molecule has 0 aliphatic carbocycles. The van der Waals surface area contributed by atoms with Gasteiger partial charge in [0.2, 0.25) is 0 Å². The zero-order valence-corrected chi connectivity index (χ0v) is 9.87. The molecule has 3 nitrogen and oxygen atoms in total. The van der Waals surface area contributed by atoms with E-state index in [-0.39, 0.29) is 5.56 Å². The molecule has 1 aromatic heterocycles. The van der Waals surface area contributed by atoms with Gasteiger partial charge >= 0.3 is 0 Å². The number of aromatic amines is 1. The summed E-state index contributed by atoms with van der Waals surface area (Å²) in [7, 11) is 0. The summed E-state index contributed by atoms with van der Waals surface area (Å²) in [4.78, 5) is 11.8. The Morgan fingerprint density at radius 2 is 2.00 bits per heavy atom. The van der Waals surface area contributed by atoms with E-state index in [1.807, 2.05) is 32.9 Å². The second-order valence-electron chi connectivity index (χ2n) is 4.10. The van der Waals surface area contributed by atoms with Crippen LogP contribution >= 0.6 is 0 Å². The lowest BCUT2D eigenvalue weighted by atomic mass is 10.1. The molecule has 0 amide bonds. The van der Waals surface area contributed by atoms with Gasteiger partial charge in [-0.25, -0.2) is 4.68 Å². The van der Waals surface area contributed by atoms with E-state index in [1.54, 1.807) is 10.7 Å². The minimum atomic E-state index is 0.00352. The van der Waals surface area contributed by atoms with Crippen LogP contribution in [-0.4, -0.2) is 9.78 Å². The average Bonchev–Trinajstić information content (AvgIpc) is 2.60. The van der Waals surface area contributed by atoms with Crippen molar-refractivity contribution in [3.05, 3.63) is 51.4 Å². The predicted molar refractivity (Wildman–Crippen MR) is 65.2 cm³/mol. The second kappa shape index (κ2) is 4.00. The Morgan fingerprint density at radius 3 is 2.56 bits per heavy atom. The van der Waals surface area contributed by atoms with Crippen LogP contribution in [0.3, 0.4) is 0 Å². The molecule has 1 N–H and O–H groups in total. The van der Waals surface area contributed by atoms with Crippen LogP contribution in [0.1, 0.15) is 23.7 Å². The molecule has 16 heavy (non-hydrogen) atoms. The summed E-state index contributed by atoms with van der Waals surface area (Å²) in [6.07, 6.45) is 0.840. The number of aromatic nitrogens is 2. The van der Waals surface area contributed by atoms with Gasteiger partial charge in [0.05, 0.1) is 5.69 Å². The van der Waals surface area contributed by atoms with Crippen molar-refractivity contribution in [1.29, 1.82) is 0 Å². The van der Waals surface area contributed by atoms with Crippen molar-refractivity contribution in [1.82, 2.24) is 9.78 Å². The smallest absolute Gasteiger partial charge is 0.271 e. The van der Waals surface area contributed by atoms with Crippen LogP contribution < -0.4 is 5.56 Å². The van der Waals surface area contributed by atoms with Gasteiger partial charge in [-0.1, -0.05) is 24.6 Å². The van der Waals surface area contributed by atoms with Crippen molar-refractivity contribution in [2.75, 3.05) is 0 Å². The third kappa shape index (κ3) is 1.81. The summed E-state index contributed by atoms with van der Waals surface area (Å²) in [6.45, 7) is 6.09. The Hall–Kier alpha value is -1.77. The first-order valence-electron chi connectivity index (χ1n) is 5.50. The van der Waals surface area contributed by atoms with Crippen molar-refractivity contribution in [2.45, 2.75) is 27.2 Å². The van der Waals surface area contributed by atoms with Crippen molar-refractivity contribution in [3.8, 4) is 5.69 Å². The van der Waals surface area contributed by atoms with Gasteiger partial charge in [-0.05, 0) is 31.9 Å². The van der Waals surface area contributed by atoms with Crippen LogP contribution in [0.4, 0.5) is 0 Å². The van der Waals surface area contributed by atoms with Crippen molar-refractivity contribution < 1.29 is 0 Å². The minimum absolute atomic E-state index is 0.00352. The molecule has 1 aromatic carbocycles. The summed E-state index contributed by atoms with van der Waals surface area (Å²) in [5.41, 5.74) is 4.20. The highest BCUT2D eigenvalue weighted by Crippen LogP contribution is 2.13. The molecule has 3 heteroatoms. The summed E-state index contributed by atoms with van der Waals surface area (Å²) in [6, 6.07) is 7.72. The zero-order chi connectivity index (χ0) is 11.7. The molecule has 1 heterocycles. The maximum atomic E-state index is 11.8. The average molecular weight is 216 g/mol. The van der Waals surface area contributed by atoms with Crippen LogP contribution in [-0.2, 0) is 6.42 Å². The summed E-state index contributed by atoms with van der Waals surface area (Å²) in [5.74, 6) is 0. The Kier molecular flexibility index (Phi) is 2.69. The van der Waals surface area contributed by atoms with Crippen LogP contribution in [0.15, 0.2) is 29.1 Å². The lowest BCUT2D eigenvalue weighted by Crippen LogP contribution is -2.14. The fraction of sp³-hybridized carbons (Fsp3) is 0.308. The molecule has 0 aliphatic rings. The predicted octanol–water partition coefficient (Wildman–Crippen LogP) is 2.34. The monoisotopic (exact) mass is 216 g/mol. The molecule has 0 radical (unpaired) electrons. The topological polar surface area (TPSA) is 37.8 Å². The zero-order valence-electron chi connectivity index (χ0n) is 9.87. The standard InChI is InChI=1S/C13H16N2O/c1-4-11-8-13(16)15(14-11)12-6-5-9(2)7-10(12)3/h5-8,14H,4H2,1-3H3. The summed E-state index contributed by atoms with van der Waals surface area (Å²) < 4.78 is 1.60. The van der Waals surface area contributed by atoms with Crippen LogP contribution in [0.5, 0.6) is 0 Å². The van der Waals surface area contributed by atoms with E-state index in [4.69, 9.17) is 0 Å². The van der Waals surface area contributed by atoms with Crippen molar-refractivity contribution >= 4 is 0 Å². The molecule has 0 atom stereocenters. The van der Waals surface area contributed by atoms with Crippen LogP contribution in [0, 0.1) is 13.8 Å². The van der Waals surface area contributed by atoms with E-state index in [9.17, 15) is 4.79 Å². The van der Waals surface area contributed by atoms with Crippen LogP contribution in [0.2, 0.25) is 0 Å². The molecule has 0 unspecified atom stereocenters. The summed E-state index contributed by atoms with van der Waals surface area (Å²) >= 11 is 0. The number of rotatable bonds is 2. The number of hydrogen-bond donors (Lipinski definition) is 1. The third-order valence-electron chi connectivity index (χ3n) is 2.75. The minimum Gasteiger partial charge on any atom is -0.295 e. The summed E-state index contributed by atoms with van der Waals surface area (Å²) in [5, 5.41) is 3.11. The Bertz CT molecular complexity index is 564. The van der Waals surface area contributed by atoms with Crippen molar-refractivity contribution in [2.24, 2.45) is 0 Å². The first kappa shape index (κ1) is 10.7. The van der Waals surface area contributed by atoms with Gasteiger partial charge < -0.3 is 0 Å². The van der Waals surface area contributed by atoms with Gasteiger partial charge in [0.25, 0.3) is 5.56 Å². The number of H-pyrrole nitrogens is 1. The van der Waals surface area contributed by atoms with E-state index in [0.29, 0.717) is 0 Å². The van der Waals surface area contributed by atoms with E-state index in [2.05, 4.69) is 11.2 Å². The Balaban J connectivity index is 2.58. The molecule has 2 rings (SSSR count). The Morgan fingerprint density at radius 1 is 1.25 bits per heavy atom. The maximum Gasteiger partial charge on any atom is 0.271 e. The molecule has 0 aliphatic heterocycles. The van der Waals surface area contributed by atoms with Gasteiger partial charge in [0.15, 0.2) is 0 Å². The normalized spacial score (nSPS) is 10.7. The van der Waals surface area contributed by atoms with E-state index < -0.39 is 0 Å². The molecule has 0 spiro atoms. The Labute approximate surface area is 94.7 Å². The van der Waals surface area contributed by atoms with E-state index in [1.165, 1.54) is 5.56 Å². The molecular formula is C13H16N2O. The number of nitrogens with one attached hydrogen (secondary N) is 1. The van der Waals surface area contributed by atoms with Gasteiger partial charge in [-0.3, -0.25) is 9.89 Å². The molecule has 0 saturated carbocycles. The third-order valence-corrected chi connectivity index (χ3v) is 2.75. The van der Waals surface area contributed by atoms with Gasteiger partial charge in [0.1, 0.15) is 0 Å². The molecule has 84 valence electrons. The second-order valence-corrected chi connectivity index (χ2v) is 4.10. The highest BCUT2D eigenvalue weighted by molar-refractivity contribution is 5.41. The quantitative estimate of drug-likeness (QED) is 0.822. The van der Waals surface area contributed by atoms with Crippen molar-refractivity contribution in [3.63, 3.8) is 0 Å².